The standard InChI is InChI=1S/C25H46O4/c1-4-5-6-7-8-9-10-11-12-16-19-23(21-24(26)27)25(28)29-20-17-14-13-15-18-22(2)3/h16,19,22-23H,4-15,17-18,20-21H2,1-3H3,(H,26,27). The molecule has 4 nitrogen and oxygen atoms in total. The number of carboxylic acids is 1. The molecular formula is C25H46O4. The number of rotatable bonds is 20. The van der Waals surface area contributed by atoms with Gasteiger partial charge >= 0.3 is 11.9 Å². The van der Waals surface area contributed by atoms with Crippen LogP contribution in [0.5, 0.6) is 0 Å². The van der Waals surface area contributed by atoms with Crippen LogP contribution in [0.25, 0.3) is 0 Å². The fourth-order valence-electron chi connectivity index (χ4n) is 3.36. The lowest BCUT2D eigenvalue weighted by Crippen LogP contribution is -2.19. The summed E-state index contributed by atoms with van der Waals surface area (Å²) in [7, 11) is 0. The molecule has 1 atom stereocenters. The molecule has 0 spiro atoms. The highest BCUT2D eigenvalue weighted by atomic mass is 16.5. The molecule has 0 rings (SSSR count). The molecule has 0 aliphatic heterocycles. The Morgan fingerprint density at radius 2 is 1.45 bits per heavy atom. The quantitative estimate of drug-likeness (QED) is 0.130. The summed E-state index contributed by atoms with van der Waals surface area (Å²) >= 11 is 0. The van der Waals surface area contributed by atoms with E-state index in [1.165, 1.54) is 57.8 Å². The second kappa shape index (κ2) is 20.0. The Morgan fingerprint density at radius 3 is 2.07 bits per heavy atom. The van der Waals surface area contributed by atoms with Crippen molar-refractivity contribution < 1.29 is 19.4 Å². The molecule has 1 N–H and O–H groups in total. The number of unbranched alkanes of at least 4 members (excludes halogenated alkanes) is 11. The van der Waals surface area contributed by atoms with E-state index >= 15 is 0 Å². The molecule has 0 aromatic rings. The van der Waals surface area contributed by atoms with E-state index < -0.39 is 17.9 Å². The average molecular weight is 411 g/mol. The predicted octanol–water partition coefficient (Wildman–Crippen LogP) is 7.31. The summed E-state index contributed by atoms with van der Waals surface area (Å²) in [4.78, 5) is 23.3. The molecule has 0 saturated carbocycles. The molecule has 0 aliphatic carbocycles. The number of allylic oxidation sites excluding steroid dienone is 1. The molecule has 0 fully saturated rings. The largest absolute Gasteiger partial charge is 0.481 e. The zero-order chi connectivity index (χ0) is 21.7. The van der Waals surface area contributed by atoms with Gasteiger partial charge in [-0.05, 0) is 25.2 Å². The van der Waals surface area contributed by atoms with Gasteiger partial charge in [0.25, 0.3) is 0 Å². The number of esters is 1. The summed E-state index contributed by atoms with van der Waals surface area (Å²) in [6.07, 6.45) is 20.1. The van der Waals surface area contributed by atoms with Crippen molar-refractivity contribution in [1.29, 1.82) is 0 Å². The van der Waals surface area contributed by atoms with Crippen LogP contribution in [0.4, 0.5) is 0 Å². The molecule has 0 aliphatic rings. The van der Waals surface area contributed by atoms with E-state index in [2.05, 4.69) is 20.8 Å². The van der Waals surface area contributed by atoms with Gasteiger partial charge in [0.1, 0.15) is 0 Å². The molecule has 0 amide bonds. The van der Waals surface area contributed by atoms with Crippen molar-refractivity contribution in [2.75, 3.05) is 6.61 Å². The fraction of sp³-hybridized carbons (Fsp3) is 0.840. The van der Waals surface area contributed by atoms with Gasteiger partial charge in [-0.2, -0.15) is 0 Å². The minimum atomic E-state index is -0.961. The van der Waals surface area contributed by atoms with E-state index in [0.717, 1.165) is 38.0 Å². The zero-order valence-electron chi connectivity index (χ0n) is 19.3. The normalized spacial score (nSPS) is 12.6. The maximum atomic E-state index is 12.2. The Bertz CT molecular complexity index is 429. The van der Waals surface area contributed by atoms with E-state index in [9.17, 15) is 9.59 Å². The molecule has 170 valence electrons. The first-order valence-electron chi connectivity index (χ1n) is 12.0. The fourth-order valence-corrected chi connectivity index (χ4v) is 3.36. The van der Waals surface area contributed by atoms with E-state index in [1.54, 1.807) is 6.08 Å². The SMILES string of the molecule is CCCCCCCCCCC=CC(CC(=O)O)C(=O)OCCCCCCC(C)C. The van der Waals surface area contributed by atoms with Crippen molar-refractivity contribution in [3.63, 3.8) is 0 Å². The van der Waals surface area contributed by atoms with Gasteiger partial charge in [0, 0.05) is 0 Å². The Balaban J connectivity index is 3.94. The maximum absolute atomic E-state index is 12.2. The molecule has 4 heteroatoms. The van der Waals surface area contributed by atoms with Crippen LogP contribution in [0.3, 0.4) is 0 Å². The molecular weight excluding hydrogens is 364 g/mol. The Hall–Kier alpha value is -1.32. The molecule has 0 radical (unpaired) electrons. The number of carbonyl (C=O) groups is 2. The Morgan fingerprint density at radius 1 is 0.862 bits per heavy atom. The average Bonchev–Trinajstić information content (AvgIpc) is 2.67. The van der Waals surface area contributed by atoms with Crippen molar-refractivity contribution in [1.82, 2.24) is 0 Å². The Kier molecular flexibility index (Phi) is 19.1. The lowest BCUT2D eigenvalue weighted by molar-refractivity contribution is -0.151. The van der Waals surface area contributed by atoms with Crippen molar-refractivity contribution >= 4 is 11.9 Å². The second-order valence-corrected chi connectivity index (χ2v) is 8.66. The molecule has 0 bridgehead atoms. The number of hydrogen-bond acceptors (Lipinski definition) is 3. The monoisotopic (exact) mass is 410 g/mol. The number of hydrogen-bond donors (Lipinski definition) is 1. The van der Waals surface area contributed by atoms with E-state index in [4.69, 9.17) is 9.84 Å². The molecule has 0 aromatic carbocycles. The number of ether oxygens (including phenoxy) is 1. The van der Waals surface area contributed by atoms with Crippen LogP contribution in [-0.4, -0.2) is 23.7 Å². The summed E-state index contributed by atoms with van der Waals surface area (Å²) in [5, 5.41) is 9.07. The van der Waals surface area contributed by atoms with E-state index in [1.807, 2.05) is 6.08 Å². The zero-order valence-corrected chi connectivity index (χ0v) is 19.3. The van der Waals surface area contributed by atoms with Gasteiger partial charge in [0.2, 0.25) is 0 Å². The highest BCUT2D eigenvalue weighted by Crippen LogP contribution is 2.14. The molecule has 29 heavy (non-hydrogen) atoms. The lowest BCUT2D eigenvalue weighted by Gasteiger charge is -2.11. The summed E-state index contributed by atoms with van der Waals surface area (Å²) < 4.78 is 5.32. The summed E-state index contributed by atoms with van der Waals surface area (Å²) in [6, 6.07) is 0. The summed E-state index contributed by atoms with van der Waals surface area (Å²) in [5.41, 5.74) is 0. The van der Waals surface area contributed by atoms with Gasteiger partial charge in [-0.15, -0.1) is 0 Å². The third-order valence-electron chi connectivity index (χ3n) is 5.21. The third kappa shape index (κ3) is 19.8. The molecule has 0 saturated heterocycles. The van der Waals surface area contributed by atoms with Crippen LogP contribution < -0.4 is 0 Å². The highest BCUT2D eigenvalue weighted by Gasteiger charge is 2.20. The van der Waals surface area contributed by atoms with Gasteiger partial charge in [-0.3, -0.25) is 9.59 Å². The molecule has 1 unspecified atom stereocenters. The predicted molar refractivity (Wildman–Crippen MR) is 121 cm³/mol. The summed E-state index contributed by atoms with van der Waals surface area (Å²) in [5.74, 6) is -1.29. The summed E-state index contributed by atoms with van der Waals surface area (Å²) in [6.45, 7) is 7.08. The number of carbonyl (C=O) groups excluding carboxylic acids is 1. The van der Waals surface area contributed by atoms with E-state index in [-0.39, 0.29) is 6.42 Å². The van der Waals surface area contributed by atoms with Crippen LogP contribution >= 0.6 is 0 Å². The lowest BCUT2D eigenvalue weighted by atomic mass is 10.0. The topological polar surface area (TPSA) is 63.6 Å². The van der Waals surface area contributed by atoms with Crippen molar-refractivity contribution in [2.45, 2.75) is 117 Å². The van der Waals surface area contributed by atoms with Gasteiger partial charge in [0.05, 0.1) is 18.9 Å². The Labute approximate surface area is 179 Å². The maximum Gasteiger partial charge on any atom is 0.313 e. The van der Waals surface area contributed by atoms with Crippen LogP contribution in [0.15, 0.2) is 12.2 Å². The van der Waals surface area contributed by atoms with Crippen LogP contribution in [-0.2, 0) is 14.3 Å². The second-order valence-electron chi connectivity index (χ2n) is 8.66. The first kappa shape index (κ1) is 27.7. The van der Waals surface area contributed by atoms with Crippen molar-refractivity contribution in [3.8, 4) is 0 Å². The third-order valence-corrected chi connectivity index (χ3v) is 5.21. The van der Waals surface area contributed by atoms with Crippen molar-refractivity contribution in [2.24, 2.45) is 11.8 Å². The van der Waals surface area contributed by atoms with E-state index in [0.29, 0.717) is 6.61 Å². The van der Waals surface area contributed by atoms with Gasteiger partial charge in [0.15, 0.2) is 0 Å². The smallest absolute Gasteiger partial charge is 0.313 e. The minimum Gasteiger partial charge on any atom is -0.481 e. The van der Waals surface area contributed by atoms with Gasteiger partial charge in [-0.25, -0.2) is 0 Å². The molecule has 0 heterocycles. The van der Waals surface area contributed by atoms with Crippen molar-refractivity contribution in [3.05, 3.63) is 12.2 Å². The van der Waals surface area contributed by atoms with Crippen LogP contribution in [0, 0.1) is 11.8 Å². The van der Waals surface area contributed by atoms with Gasteiger partial charge in [-0.1, -0.05) is 104 Å². The number of carboxylic acid groups (broad SMARTS) is 1. The van der Waals surface area contributed by atoms with Crippen LogP contribution in [0.1, 0.15) is 117 Å². The highest BCUT2D eigenvalue weighted by molar-refractivity contribution is 5.80. The van der Waals surface area contributed by atoms with Gasteiger partial charge < -0.3 is 9.84 Å². The molecule has 0 aromatic heterocycles. The minimum absolute atomic E-state index is 0.193. The number of aliphatic carboxylic acids is 1. The first-order chi connectivity index (χ1) is 14.0. The van der Waals surface area contributed by atoms with Crippen LogP contribution in [0.2, 0.25) is 0 Å². The first-order valence-corrected chi connectivity index (χ1v) is 12.0.